The number of aryl methyl sites for hydroxylation is 2. The third kappa shape index (κ3) is 5.52. The first-order valence-corrected chi connectivity index (χ1v) is 13.1. The number of hydrogen-bond acceptors (Lipinski definition) is 3. The van der Waals surface area contributed by atoms with Crippen LogP contribution in [0.3, 0.4) is 0 Å². The predicted molar refractivity (Wildman–Crippen MR) is 142 cm³/mol. The van der Waals surface area contributed by atoms with Crippen molar-refractivity contribution in [2.45, 2.75) is 39.3 Å². The molecular formula is C28H29Cl2F3N2O3. The van der Waals surface area contributed by atoms with Gasteiger partial charge in [0, 0.05) is 54.6 Å². The Hall–Kier alpha value is -2.71. The van der Waals surface area contributed by atoms with Crippen molar-refractivity contribution in [3.63, 3.8) is 0 Å². The van der Waals surface area contributed by atoms with E-state index in [1.807, 2.05) is 13.0 Å². The van der Waals surface area contributed by atoms with Gasteiger partial charge in [-0.25, -0.2) is 0 Å². The van der Waals surface area contributed by atoms with Crippen molar-refractivity contribution in [2.75, 3.05) is 20.2 Å². The molecule has 2 heterocycles. The van der Waals surface area contributed by atoms with E-state index >= 15 is 0 Å². The van der Waals surface area contributed by atoms with Crippen molar-refractivity contribution in [3.05, 3.63) is 68.3 Å². The van der Waals surface area contributed by atoms with Gasteiger partial charge in [-0.2, -0.15) is 13.2 Å². The highest BCUT2D eigenvalue weighted by Gasteiger charge is 2.33. The molecule has 0 saturated carbocycles. The summed E-state index contributed by atoms with van der Waals surface area (Å²) < 4.78 is 46.6. The minimum absolute atomic E-state index is 0.109. The number of likely N-dealkylation sites (tertiary alicyclic amines) is 1. The fourth-order valence-electron chi connectivity index (χ4n) is 5.25. The van der Waals surface area contributed by atoms with Crippen molar-refractivity contribution in [1.82, 2.24) is 9.47 Å². The normalized spacial score (nSPS) is 18.2. The van der Waals surface area contributed by atoms with Crippen LogP contribution in [0.25, 0.3) is 10.9 Å². The minimum Gasteiger partial charge on any atom is -0.469 e. The molecule has 1 aliphatic rings. The highest BCUT2D eigenvalue weighted by molar-refractivity contribution is 6.38. The first kappa shape index (κ1) is 28.3. The number of methoxy groups -OCH3 is 1. The smallest absolute Gasteiger partial charge is 0.416 e. The minimum atomic E-state index is -4.45. The molecule has 0 bridgehead atoms. The van der Waals surface area contributed by atoms with Crippen molar-refractivity contribution in [2.24, 2.45) is 18.9 Å². The second kappa shape index (κ2) is 10.8. The molecule has 0 radical (unpaired) electrons. The van der Waals surface area contributed by atoms with Crippen LogP contribution in [0.15, 0.2) is 30.3 Å². The van der Waals surface area contributed by atoms with E-state index in [0.717, 1.165) is 12.1 Å². The van der Waals surface area contributed by atoms with E-state index in [2.05, 4.69) is 0 Å². The van der Waals surface area contributed by atoms with Gasteiger partial charge in [-0.15, -0.1) is 0 Å². The molecule has 3 aromatic rings. The van der Waals surface area contributed by atoms with E-state index in [9.17, 15) is 22.8 Å². The SMILES string of the molecule is COC(=O)CC1CCN(C(=O)c2ccc(Cl)c(Cc3cc4c(C)cc(C(F)(F)F)cc4n3C)c2Cl)CC1C. The predicted octanol–water partition coefficient (Wildman–Crippen LogP) is 7.06. The van der Waals surface area contributed by atoms with Gasteiger partial charge in [0.2, 0.25) is 0 Å². The number of benzene rings is 2. The van der Waals surface area contributed by atoms with Crippen LogP contribution in [0.4, 0.5) is 13.2 Å². The quantitative estimate of drug-likeness (QED) is 0.309. The second-order valence-corrected chi connectivity index (χ2v) is 10.8. The third-order valence-corrected chi connectivity index (χ3v) is 8.38. The van der Waals surface area contributed by atoms with Gasteiger partial charge in [-0.1, -0.05) is 30.1 Å². The Bertz CT molecular complexity index is 1400. The third-order valence-electron chi connectivity index (χ3n) is 7.60. The number of nitrogens with zero attached hydrogens (tertiary/aromatic N) is 2. The van der Waals surface area contributed by atoms with E-state index < -0.39 is 11.7 Å². The fourth-order valence-corrected chi connectivity index (χ4v) is 5.84. The molecule has 4 rings (SSSR count). The molecule has 0 N–H and O–H groups in total. The highest BCUT2D eigenvalue weighted by atomic mass is 35.5. The number of rotatable bonds is 5. The standard InChI is InChI=1S/C28H29Cl2F3N2O3/c1-15-9-18(28(31,32)33)11-24-21(15)12-19(34(24)3)13-22-23(29)6-5-20(26(22)30)27(37)35-8-7-17(16(2)14-35)10-25(36)38-4/h5-6,9,11-12,16-17H,7-8,10,13-14H2,1-4H3. The summed E-state index contributed by atoms with van der Waals surface area (Å²) in [6, 6.07) is 7.34. The number of esters is 1. The van der Waals surface area contributed by atoms with Crippen LogP contribution in [0, 0.1) is 18.8 Å². The Labute approximate surface area is 229 Å². The number of amides is 1. The zero-order valence-electron chi connectivity index (χ0n) is 21.6. The molecule has 2 unspecified atom stereocenters. The van der Waals surface area contributed by atoms with E-state index in [1.54, 1.807) is 35.6 Å². The number of carbonyl (C=O) groups excluding carboxylic acids is 2. The Kier molecular flexibility index (Phi) is 8.05. The van der Waals surface area contributed by atoms with Gasteiger partial charge in [0.05, 0.1) is 23.3 Å². The lowest BCUT2D eigenvalue weighted by molar-refractivity contribution is -0.142. The Morgan fingerprint density at radius 3 is 2.50 bits per heavy atom. The molecule has 1 aromatic heterocycles. The van der Waals surface area contributed by atoms with Crippen LogP contribution < -0.4 is 0 Å². The summed E-state index contributed by atoms with van der Waals surface area (Å²) >= 11 is 13.2. The monoisotopic (exact) mass is 568 g/mol. The molecule has 38 heavy (non-hydrogen) atoms. The molecule has 2 atom stereocenters. The number of fused-ring (bicyclic) bond motifs is 1. The zero-order valence-corrected chi connectivity index (χ0v) is 23.1. The van der Waals surface area contributed by atoms with Gasteiger partial charge in [0.25, 0.3) is 5.91 Å². The first-order valence-electron chi connectivity index (χ1n) is 12.3. The van der Waals surface area contributed by atoms with Crippen molar-refractivity contribution < 1.29 is 27.5 Å². The molecule has 0 aliphatic carbocycles. The van der Waals surface area contributed by atoms with Crippen LogP contribution in [-0.2, 0) is 29.2 Å². The first-order chi connectivity index (χ1) is 17.8. The molecule has 204 valence electrons. The Morgan fingerprint density at radius 1 is 1.16 bits per heavy atom. The molecule has 0 spiro atoms. The lowest BCUT2D eigenvalue weighted by Gasteiger charge is -2.36. The summed E-state index contributed by atoms with van der Waals surface area (Å²) in [6.07, 6.45) is -3.21. The number of carbonyl (C=O) groups is 2. The summed E-state index contributed by atoms with van der Waals surface area (Å²) in [5.41, 5.74) is 1.83. The molecule has 1 amide bonds. The Balaban J connectivity index is 1.61. The zero-order chi connectivity index (χ0) is 27.9. The maximum absolute atomic E-state index is 13.4. The van der Waals surface area contributed by atoms with Crippen molar-refractivity contribution >= 4 is 46.0 Å². The molecule has 1 saturated heterocycles. The van der Waals surface area contributed by atoms with Crippen LogP contribution >= 0.6 is 23.2 Å². The molecule has 5 nitrogen and oxygen atoms in total. The van der Waals surface area contributed by atoms with Crippen molar-refractivity contribution in [1.29, 1.82) is 0 Å². The van der Waals surface area contributed by atoms with E-state index in [0.29, 0.717) is 64.2 Å². The Morgan fingerprint density at radius 2 is 1.87 bits per heavy atom. The maximum Gasteiger partial charge on any atom is 0.416 e. The van der Waals surface area contributed by atoms with Gasteiger partial charge < -0.3 is 14.2 Å². The summed E-state index contributed by atoms with van der Waals surface area (Å²) in [5, 5.41) is 1.30. The maximum atomic E-state index is 13.4. The lowest BCUT2D eigenvalue weighted by atomic mass is 9.84. The summed E-state index contributed by atoms with van der Waals surface area (Å²) in [6.45, 7) is 4.63. The molecular weight excluding hydrogens is 540 g/mol. The molecule has 10 heteroatoms. The van der Waals surface area contributed by atoms with Crippen LogP contribution in [0.2, 0.25) is 10.0 Å². The van der Waals surface area contributed by atoms with Crippen LogP contribution in [0.1, 0.15) is 52.5 Å². The largest absolute Gasteiger partial charge is 0.469 e. The average molecular weight is 569 g/mol. The van der Waals surface area contributed by atoms with Gasteiger partial charge >= 0.3 is 12.1 Å². The van der Waals surface area contributed by atoms with Gasteiger partial charge in [0.1, 0.15) is 0 Å². The number of aromatic nitrogens is 1. The fraction of sp³-hybridized carbons (Fsp3) is 0.429. The molecule has 1 fully saturated rings. The van der Waals surface area contributed by atoms with Crippen LogP contribution in [-0.4, -0.2) is 41.5 Å². The molecule has 2 aromatic carbocycles. The second-order valence-electron chi connectivity index (χ2n) is 10.0. The van der Waals surface area contributed by atoms with E-state index in [-0.39, 0.29) is 35.2 Å². The van der Waals surface area contributed by atoms with E-state index in [4.69, 9.17) is 27.9 Å². The number of hydrogen-bond donors (Lipinski definition) is 0. The highest BCUT2D eigenvalue weighted by Crippen LogP contribution is 2.37. The van der Waals surface area contributed by atoms with E-state index in [1.165, 1.54) is 7.11 Å². The van der Waals surface area contributed by atoms with Gasteiger partial charge in [-0.3, -0.25) is 9.59 Å². The summed E-state index contributed by atoms with van der Waals surface area (Å²) in [4.78, 5) is 26.9. The topological polar surface area (TPSA) is 51.5 Å². The molecule has 1 aliphatic heterocycles. The number of alkyl halides is 3. The summed E-state index contributed by atoms with van der Waals surface area (Å²) in [7, 11) is 3.07. The average Bonchev–Trinajstić information content (AvgIpc) is 3.17. The summed E-state index contributed by atoms with van der Waals surface area (Å²) in [5.74, 6) is -0.238. The van der Waals surface area contributed by atoms with Gasteiger partial charge in [-0.05, 0) is 66.6 Å². The van der Waals surface area contributed by atoms with Crippen molar-refractivity contribution in [3.8, 4) is 0 Å². The number of ether oxygens (including phenoxy) is 1. The van der Waals surface area contributed by atoms with Crippen LogP contribution in [0.5, 0.6) is 0 Å². The lowest BCUT2D eigenvalue weighted by Crippen LogP contribution is -2.43. The number of halogens is 5. The van der Waals surface area contributed by atoms with Gasteiger partial charge in [0.15, 0.2) is 0 Å². The number of piperidine rings is 1.